The second kappa shape index (κ2) is 5.14. The van der Waals surface area contributed by atoms with Crippen molar-refractivity contribution in [1.82, 2.24) is 0 Å². The van der Waals surface area contributed by atoms with E-state index in [4.69, 9.17) is 10.5 Å². The van der Waals surface area contributed by atoms with Gasteiger partial charge in [-0.1, -0.05) is 12.1 Å². The van der Waals surface area contributed by atoms with Crippen LogP contribution in [0.25, 0.3) is 0 Å². The minimum absolute atomic E-state index is 0.00931. The van der Waals surface area contributed by atoms with Crippen LogP contribution in [0.3, 0.4) is 0 Å². The molecule has 2 rings (SSSR count). The molecule has 1 atom stereocenters. The standard InChI is InChI=1S/C14H13F2NO/c1-9(17)10-2-5-12(6-3-10)18-14-7-4-11(15)8-13(14)16/h2-9H,17H2,1H3. The quantitative estimate of drug-likeness (QED) is 0.898. The summed E-state index contributed by atoms with van der Waals surface area (Å²) in [6, 6.07) is 10.1. The van der Waals surface area contributed by atoms with E-state index in [1.54, 1.807) is 24.3 Å². The van der Waals surface area contributed by atoms with E-state index in [2.05, 4.69) is 0 Å². The zero-order valence-electron chi connectivity index (χ0n) is 9.86. The number of hydrogen-bond acceptors (Lipinski definition) is 2. The van der Waals surface area contributed by atoms with Gasteiger partial charge in [0, 0.05) is 12.1 Å². The van der Waals surface area contributed by atoms with Gasteiger partial charge in [-0.05, 0) is 36.8 Å². The Kier molecular flexibility index (Phi) is 3.58. The molecule has 0 radical (unpaired) electrons. The first-order valence-corrected chi connectivity index (χ1v) is 5.54. The van der Waals surface area contributed by atoms with Crippen LogP contribution in [0.2, 0.25) is 0 Å². The van der Waals surface area contributed by atoms with E-state index in [9.17, 15) is 8.78 Å². The number of hydrogen-bond donors (Lipinski definition) is 1. The van der Waals surface area contributed by atoms with Gasteiger partial charge in [0.05, 0.1) is 0 Å². The molecule has 18 heavy (non-hydrogen) atoms. The summed E-state index contributed by atoms with van der Waals surface area (Å²) in [7, 11) is 0. The van der Waals surface area contributed by atoms with Crippen LogP contribution in [0.5, 0.6) is 11.5 Å². The van der Waals surface area contributed by atoms with Gasteiger partial charge in [-0.15, -0.1) is 0 Å². The Morgan fingerprint density at radius 1 is 1.06 bits per heavy atom. The molecule has 0 saturated carbocycles. The summed E-state index contributed by atoms with van der Waals surface area (Å²) in [6.07, 6.45) is 0. The molecular formula is C14H13F2NO. The molecule has 0 saturated heterocycles. The molecule has 0 spiro atoms. The van der Waals surface area contributed by atoms with Gasteiger partial charge in [-0.3, -0.25) is 0 Å². The van der Waals surface area contributed by atoms with E-state index < -0.39 is 11.6 Å². The van der Waals surface area contributed by atoms with E-state index in [1.807, 2.05) is 6.92 Å². The van der Waals surface area contributed by atoms with Crippen molar-refractivity contribution in [2.75, 3.05) is 0 Å². The molecule has 0 bridgehead atoms. The first kappa shape index (κ1) is 12.5. The maximum Gasteiger partial charge on any atom is 0.168 e. The van der Waals surface area contributed by atoms with E-state index in [-0.39, 0.29) is 11.8 Å². The van der Waals surface area contributed by atoms with Crippen molar-refractivity contribution in [1.29, 1.82) is 0 Å². The van der Waals surface area contributed by atoms with E-state index in [0.717, 1.165) is 17.7 Å². The lowest BCUT2D eigenvalue weighted by molar-refractivity contribution is 0.437. The lowest BCUT2D eigenvalue weighted by Crippen LogP contribution is -2.04. The number of ether oxygens (including phenoxy) is 1. The molecule has 2 aromatic carbocycles. The largest absolute Gasteiger partial charge is 0.454 e. The van der Waals surface area contributed by atoms with Gasteiger partial charge < -0.3 is 10.5 Å². The third-order valence-electron chi connectivity index (χ3n) is 2.53. The van der Waals surface area contributed by atoms with Gasteiger partial charge in [0.1, 0.15) is 11.6 Å². The van der Waals surface area contributed by atoms with Gasteiger partial charge in [0.15, 0.2) is 11.6 Å². The minimum Gasteiger partial charge on any atom is -0.454 e. The molecule has 2 nitrogen and oxygen atoms in total. The third-order valence-corrected chi connectivity index (χ3v) is 2.53. The SMILES string of the molecule is CC(N)c1ccc(Oc2ccc(F)cc2F)cc1. The van der Waals surface area contributed by atoms with Gasteiger partial charge in [-0.2, -0.15) is 0 Å². The molecular weight excluding hydrogens is 236 g/mol. The van der Waals surface area contributed by atoms with Gasteiger partial charge >= 0.3 is 0 Å². The molecule has 0 heterocycles. The Morgan fingerprint density at radius 2 is 1.72 bits per heavy atom. The molecule has 0 fully saturated rings. The molecule has 0 amide bonds. The topological polar surface area (TPSA) is 35.2 Å². The second-order valence-electron chi connectivity index (χ2n) is 4.03. The molecule has 2 N–H and O–H groups in total. The normalized spacial score (nSPS) is 12.2. The fourth-order valence-electron chi connectivity index (χ4n) is 1.52. The smallest absolute Gasteiger partial charge is 0.168 e. The van der Waals surface area contributed by atoms with E-state index in [0.29, 0.717) is 5.75 Å². The summed E-state index contributed by atoms with van der Waals surface area (Å²) >= 11 is 0. The predicted octanol–water partition coefficient (Wildman–Crippen LogP) is 3.78. The number of benzene rings is 2. The van der Waals surface area contributed by atoms with Crippen molar-refractivity contribution in [2.45, 2.75) is 13.0 Å². The number of halogens is 2. The first-order chi connectivity index (χ1) is 8.56. The Hall–Kier alpha value is -1.94. The average molecular weight is 249 g/mol. The Bertz CT molecular complexity index is 538. The predicted molar refractivity (Wildman–Crippen MR) is 65.5 cm³/mol. The lowest BCUT2D eigenvalue weighted by Gasteiger charge is -2.09. The molecule has 0 aromatic heterocycles. The molecule has 1 unspecified atom stereocenters. The number of nitrogens with two attached hydrogens (primary N) is 1. The molecule has 0 aliphatic heterocycles. The average Bonchev–Trinajstić information content (AvgIpc) is 2.33. The van der Waals surface area contributed by atoms with E-state index >= 15 is 0 Å². The van der Waals surface area contributed by atoms with Gasteiger partial charge in [0.25, 0.3) is 0 Å². The summed E-state index contributed by atoms with van der Waals surface area (Å²) < 4.78 is 31.4. The van der Waals surface area contributed by atoms with Crippen molar-refractivity contribution in [3.63, 3.8) is 0 Å². The highest BCUT2D eigenvalue weighted by Gasteiger charge is 2.06. The summed E-state index contributed by atoms with van der Waals surface area (Å²) in [4.78, 5) is 0. The summed E-state index contributed by atoms with van der Waals surface area (Å²) in [5.74, 6) is -0.895. The lowest BCUT2D eigenvalue weighted by atomic mass is 10.1. The molecule has 94 valence electrons. The second-order valence-corrected chi connectivity index (χ2v) is 4.03. The maximum absolute atomic E-state index is 13.4. The summed E-state index contributed by atoms with van der Waals surface area (Å²) in [6.45, 7) is 1.87. The van der Waals surface area contributed by atoms with Crippen molar-refractivity contribution in [3.8, 4) is 11.5 Å². The fourth-order valence-corrected chi connectivity index (χ4v) is 1.52. The Labute approximate surface area is 104 Å². The van der Waals surface area contributed by atoms with Gasteiger partial charge in [-0.25, -0.2) is 8.78 Å². The van der Waals surface area contributed by atoms with Gasteiger partial charge in [0.2, 0.25) is 0 Å². The Balaban J connectivity index is 2.18. The van der Waals surface area contributed by atoms with E-state index in [1.165, 1.54) is 6.07 Å². The van der Waals surface area contributed by atoms with Crippen LogP contribution in [0, 0.1) is 11.6 Å². The highest BCUT2D eigenvalue weighted by molar-refractivity contribution is 5.34. The molecule has 0 aliphatic rings. The van der Waals surface area contributed by atoms with Crippen molar-refractivity contribution in [2.24, 2.45) is 5.73 Å². The van der Waals surface area contributed by atoms with Crippen LogP contribution >= 0.6 is 0 Å². The summed E-state index contributed by atoms with van der Waals surface area (Å²) in [5.41, 5.74) is 6.67. The van der Waals surface area contributed by atoms with Crippen LogP contribution in [0.4, 0.5) is 8.78 Å². The zero-order valence-corrected chi connectivity index (χ0v) is 9.86. The monoisotopic (exact) mass is 249 g/mol. The van der Waals surface area contributed by atoms with Crippen molar-refractivity contribution < 1.29 is 13.5 Å². The zero-order chi connectivity index (χ0) is 13.1. The molecule has 4 heteroatoms. The Morgan fingerprint density at radius 3 is 2.28 bits per heavy atom. The molecule has 2 aromatic rings. The minimum atomic E-state index is -0.730. The van der Waals surface area contributed by atoms with Crippen LogP contribution in [-0.4, -0.2) is 0 Å². The highest BCUT2D eigenvalue weighted by Crippen LogP contribution is 2.25. The van der Waals surface area contributed by atoms with Crippen LogP contribution in [0.15, 0.2) is 42.5 Å². The van der Waals surface area contributed by atoms with Crippen LogP contribution in [-0.2, 0) is 0 Å². The van der Waals surface area contributed by atoms with Crippen molar-refractivity contribution >= 4 is 0 Å². The summed E-state index contributed by atoms with van der Waals surface area (Å²) in [5, 5.41) is 0. The fraction of sp³-hybridized carbons (Fsp3) is 0.143. The molecule has 0 aliphatic carbocycles. The van der Waals surface area contributed by atoms with Crippen molar-refractivity contribution in [3.05, 3.63) is 59.7 Å². The first-order valence-electron chi connectivity index (χ1n) is 5.54. The van der Waals surface area contributed by atoms with Crippen LogP contribution in [0.1, 0.15) is 18.5 Å². The highest BCUT2D eigenvalue weighted by atomic mass is 19.1. The van der Waals surface area contributed by atoms with Crippen LogP contribution < -0.4 is 10.5 Å². The maximum atomic E-state index is 13.4. The number of rotatable bonds is 3. The third kappa shape index (κ3) is 2.84.